The molecule has 0 N–H and O–H groups in total. The summed E-state index contributed by atoms with van der Waals surface area (Å²) >= 11 is 5.27. The van der Waals surface area contributed by atoms with Crippen molar-refractivity contribution in [1.82, 2.24) is 0 Å². The molecule has 48 valence electrons. The van der Waals surface area contributed by atoms with E-state index in [2.05, 4.69) is 0 Å². The minimum absolute atomic E-state index is 0.201. The number of rotatable bonds is 1. The second-order valence-electron chi connectivity index (χ2n) is 1.91. The molecule has 0 saturated heterocycles. The van der Waals surface area contributed by atoms with Gasteiger partial charge in [0, 0.05) is 17.5 Å². The van der Waals surface area contributed by atoms with Crippen LogP contribution in [0.15, 0.2) is 23.3 Å². The third kappa shape index (κ3) is 1.42. The van der Waals surface area contributed by atoms with E-state index < -0.39 is 0 Å². The minimum Gasteiger partial charge on any atom is -0.294 e. The second kappa shape index (κ2) is 2.83. The summed E-state index contributed by atoms with van der Waals surface area (Å²) in [5, 5.41) is 0. The van der Waals surface area contributed by atoms with Gasteiger partial charge in [-0.15, -0.1) is 0 Å². The number of carbonyl (C=O) groups is 1. The standard InChI is InChI=1S/C7H7ClO/c8-5-4-6-2-1-3-7(6)9/h2,4-5H,1,3H2. The Morgan fingerprint density at radius 3 is 2.89 bits per heavy atom. The Bertz CT molecular complexity index is 179. The van der Waals surface area contributed by atoms with Crippen molar-refractivity contribution in [3.8, 4) is 0 Å². The summed E-state index contributed by atoms with van der Waals surface area (Å²) in [5.74, 6) is 0.201. The van der Waals surface area contributed by atoms with Gasteiger partial charge >= 0.3 is 0 Å². The fourth-order valence-corrected chi connectivity index (χ4v) is 0.982. The van der Waals surface area contributed by atoms with Crippen molar-refractivity contribution in [2.45, 2.75) is 12.8 Å². The molecule has 0 spiro atoms. The van der Waals surface area contributed by atoms with Crippen LogP contribution in [-0.4, -0.2) is 5.78 Å². The zero-order chi connectivity index (χ0) is 6.69. The predicted molar refractivity (Wildman–Crippen MR) is 37.3 cm³/mol. The molecule has 0 aromatic carbocycles. The lowest BCUT2D eigenvalue weighted by Gasteiger charge is -1.85. The van der Waals surface area contributed by atoms with Gasteiger partial charge in [0.15, 0.2) is 5.78 Å². The normalized spacial score (nSPS) is 19.2. The molecule has 9 heavy (non-hydrogen) atoms. The Balaban J connectivity index is 2.68. The molecule has 0 saturated carbocycles. The zero-order valence-corrected chi connectivity index (χ0v) is 5.69. The first-order valence-electron chi connectivity index (χ1n) is 2.84. The van der Waals surface area contributed by atoms with Crippen LogP contribution in [-0.2, 0) is 4.79 Å². The summed E-state index contributed by atoms with van der Waals surface area (Å²) in [6, 6.07) is 0. The highest BCUT2D eigenvalue weighted by atomic mass is 35.5. The van der Waals surface area contributed by atoms with E-state index >= 15 is 0 Å². The summed E-state index contributed by atoms with van der Waals surface area (Å²) in [7, 11) is 0. The maximum absolute atomic E-state index is 10.8. The molecule has 0 amide bonds. The number of hydrogen-bond donors (Lipinski definition) is 0. The summed E-state index contributed by atoms with van der Waals surface area (Å²) in [6.45, 7) is 0. The van der Waals surface area contributed by atoms with Gasteiger partial charge < -0.3 is 0 Å². The molecule has 0 atom stereocenters. The van der Waals surface area contributed by atoms with Crippen molar-refractivity contribution < 1.29 is 4.79 Å². The van der Waals surface area contributed by atoms with Crippen LogP contribution in [0, 0.1) is 0 Å². The fraction of sp³-hybridized carbons (Fsp3) is 0.286. The van der Waals surface area contributed by atoms with E-state index in [1.54, 1.807) is 6.08 Å². The zero-order valence-electron chi connectivity index (χ0n) is 4.93. The van der Waals surface area contributed by atoms with Crippen molar-refractivity contribution in [1.29, 1.82) is 0 Å². The van der Waals surface area contributed by atoms with Gasteiger partial charge in [-0.3, -0.25) is 4.79 Å². The number of hydrogen-bond acceptors (Lipinski definition) is 1. The fourth-order valence-electron chi connectivity index (χ4n) is 0.846. The van der Waals surface area contributed by atoms with E-state index in [4.69, 9.17) is 11.6 Å². The number of carbonyl (C=O) groups excluding carboxylic acids is 1. The van der Waals surface area contributed by atoms with Crippen LogP contribution >= 0.6 is 11.6 Å². The topological polar surface area (TPSA) is 17.1 Å². The molecule has 1 nitrogen and oxygen atoms in total. The van der Waals surface area contributed by atoms with Gasteiger partial charge in [0.1, 0.15) is 0 Å². The molecule has 0 radical (unpaired) electrons. The number of Topliss-reactive ketones (excluding diaryl/α,β-unsaturated/α-hetero) is 1. The van der Waals surface area contributed by atoms with Crippen molar-refractivity contribution in [3.05, 3.63) is 23.3 Å². The summed E-state index contributed by atoms with van der Waals surface area (Å²) in [5.41, 5.74) is 2.12. The van der Waals surface area contributed by atoms with Crippen LogP contribution in [0.5, 0.6) is 0 Å². The highest BCUT2D eigenvalue weighted by Crippen LogP contribution is 2.14. The highest BCUT2D eigenvalue weighted by molar-refractivity contribution is 6.26. The first kappa shape index (κ1) is 6.56. The van der Waals surface area contributed by atoms with Gasteiger partial charge in [-0.05, 0) is 12.5 Å². The molecule has 0 unspecified atom stereocenters. The Morgan fingerprint density at radius 2 is 2.44 bits per heavy atom. The van der Waals surface area contributed by atoms with Crippen molar-refractivity contribution in [2.75, 3.05) is 0 Å². The molecule has 1 aliphatic carbocycles. The molecule has 0 bridgehead atoms. The monoisotopic (exact) mass is 142 g/mol. The SMILES string of the molecule is O=C1CCC=C1C=CCl. The van der Waals surface area contributed by atoms with Crippen LogP contribution < -0.4 is 0 Å². The van der Waals surface area contributed by atoms with Crippen LogP contribution in [0.3, 0.4) is 0 Å². The Kier molecular flexibility index (Phi) is 2.06. The van der Waals surface area contributed by atoms with E-state index in [1.807, 2.05) is 6.08 Å². The van der Waals surface area contributed by atoms with Crippen molar-refractivity contribution in [2.24, 2.45) is 0 Å². The van der Waals surface area contributed by atoms with E-state index in [9.17, 15) is 4.79 Å². The summed E-state index contributed by atoms with van der Waals surface area (Å²) < 4.78 is 0. The average molecular weight is 143 g/mol. The summed E-state index contributed by atoms with van der Waals surface area (Å²) in [6.07, 6.45) is 5.06. The molecule has 0 aromatic rings. The van der Waals surface area contributed by atoms with Crippen molar-refractivity contribution >= 4 is 17.4 Å². The van der Waals surface area contributed by atoms with E-state index in [0.29, 0.717) is 6.42 Å². The highest BCUT2D eigenvalue weighted by Gasteiger charge is 2.10. The summed E-state index contributed by atoms with van der Waals surface area (Å²) in [4.78, 5) is 10.8. The number of halogens is 1. The molecular formula is C7H7ClO. The first-order chi connectivity index (χ1) is 4.34. The number of ketones is 1. The number of allylic oxidation sites excluding steroid dienone is 3. The van der Waals surface area contributed by atoms with Gasteiger partial charge in [0.05, 0.1) is 0 Å². The van der Waals surface area contributed by atoms with Crippen molar-refractivity contribution in [3.63, 3.8) is 0 Å². The van der Waals surface area contributed by atoms with Gasteiger partial charge in [-0.2, -0.15) is 0 Å². The van der Waals surface area contributed by atoms with Crippen LogP contribution in [0.25, 0.3) is 0 Å². The third-order valence-electron chi connectivity index (χ3n) is 1.30. The average Bonchev–Trinajstić information content (AvgIpc) is 2.18. The van der Waals surface area contributed by atoms with Gasteiger partial charge in [-0.1, -0.05) is 17.7 Å². The van der Waals surface area contributed by atoms with E-state index in [-0.39, 0.29) is 5.78 Å². The second-order valence-corrected chi connectivity index (χ2v) is 2.17. The Labute approximate surface area is 59.0 Å². The lowest BCUT2D eigenvalue weighted by molar-refractivity contribution is -0.114. The largest absolute Gasteiger partial charge is 0.294 e. The van der Waals surface area contributed by atoms with E-state index in [1.165, 1.54) is 5.54 Å². The lowest BCUT2D eigenvalue weighted by atomic mass is 10.2. The third-order valence-corrected chi connectivity index (χ3v) is 1.43. The molecule has 1 rings (SSSR count). The van der Waals surface area contributed by atoms with Crippen LogP contribution in [0.4, 0.5) is 0 Å². The van der Waals surface area contributed by atoms with Crippen LogP contribution in [0.2, 0.25) is 0 Å². The first-order valence-corrected chi connectivity index (χ1v) is 3.28. The van der Waals surface area contributed by atoms with Crippen LogP contribution in [0.1, 0.15) is 12.8 Å². The maximum Gasteiger partial charge on any atom is 0.162 e. The molecule has 1 aliphatic rings. The molecule has 0 heterocycles. The van der Waals surface area contributed by atoms with E-state index in [0.717, 1.165) is 12.0 Å². The Hall–Kier alpha value is -0.560. The lowest BCUT2D eigenvalue weighted by Crippen LogP contribution is -1.90. The van der Waals surface area contributed by atoms with Gasteiger partial charge in [0.2, 0.25) is 0 Å². The molecule has 0 aliphatic heterocycles. The maximum atomic E-state index is 10.8. The Morgan fingerprint density at radius 1 is 1.67 bits per heavy atom. The van der Waals surface area contributed by atoms with Gasteiger partial charge in [-0.25, -0.2) is 0 Å². The predicted octanol–water partition coefficient (Wildman–Crippen LogP) is 2.03. The quantitative estimate of drug-likeness (QED) is 0.548. The molecule has 0 fully saturated rings. The molecular weight excluding hydrogens is 136 g/mol. The molecule has 0 aromatic heterocycles. The molecule has 2 heteroatoms. The minimum atomic E-state index is 0.201. The van der Waals surface area contributed by atoms with Gasteiger partial charge in [0.25, 0.3) is 0 Å². The smallest absolute Gasteiger partial charge is 0.162 e.